The van der Waals surface area contributed by atoms with Crippen LogP contribution in [0.5, 0.6) is 0 Å². The highest BCUT2D eigenvalue weighted by Gasteiger charge is 2.51. The summed E-state index contributed by atoms with van der Waals surface area (Å²) >= 11 is 0. The third-order valence-corrected chi connectivity index (χ3v) is 6.73. The molecule has 1 aliphatic carbocycles. The van der Waals surface area contributed by atoms with E-state index in [0.29, 0.717) is 24.6 Å². The van der Waals surface area contributed by atoms with E-state index in [0.717, 1.165) is 24.8 Å². The van der Waals surface area contributed by atoms with E-state index in [-0.39, 0.29) is 11.5 Å². The second-order valence-corrected chi connectivity index (χ2v) is 8.13. The molecular formula is C15H22N2O3S. The second-order valence-electron chi connectivity index (χ2n) is 6.20. The molecule has 21 heavy (non-hydrogen) atoms. The van der Waals surface area contributed by atoms with Crippen LogP contribution in [0.2, 0.25) is 0 Å². The van der Waals surface area contributed by atoms with Crippen molar-refractivity contribution in [1.82, 2.24) is 4.31 Å². The fourth-order valence-corrected chi connectivity index (χ4v) is 4.92. The topological polar surface area (TPSA) is 72.6 Å². The van der Waals surface area contributed by atoms with Crippen molar-refractivity contribution in [2.24, 2.45) is 11.1 Å². The van der Waals surface area contributed by atoms with Gasteiger partial charge in [-0.2, -0.15) is 4.31 Å². The monoisotopic (exact) mass is 310 g/mol. The number of nitrogens with zero attached hydrogens (tertiary/aromatic N) is 1. The summed E-state index contributed by atoms with van der Waals surface area (Å²) in [5.74, 6) is 0. The fraction of sp³-hybridized carbons (Fsp3) is 0.600. The number of methoxy groups -OCH3 is 1. The van der Waals surface area contributed by atoms with Crippen LogP contribution in [0.3, 0.4) is 0 Å². The van der Waals surface area contributed by atoms with Gasteiger partial charge < -0.3 is 10.5 Å². The van der Waals surface area contributed by atoms with Crippen LogP contribution in [0, 0.1) is 5.41 Å². The number of sulfonamides is 1. The average molecular weight is 310 g/mol. The molecule has 6 heteroatoms. The number of ether oxygens (including phenoxy) is 1. The molecule has 1 unspecified atom stereocenters. The summed E-state index contributed by atoms with van der Waals surface area (Å²) in [4.78, 5) is 0.339. The second kappa shape index (κ2) is 5.35. The maximum atomic E-state index is 12.7. The maximum absolute atomic E-state index is 12.7. The Balaban J connectivity index is 1.80. The van der Waals surface area contributed by atoms with Gasteiger partial charge in [0.25, 0.3) is 0 Å². The molecule has 0 amide bonds. The van der Waals surface area contributed by atoms with E-state index in [4.69, 9.17) is 10.5 Å². The van der Waals surface area contributed by atoms with E-state index in [9.17, 15) is 8.42 Å². The molecule has 1 spiro atoms. The van der Waals surface area contributed by atoms with Crippen molar-refractivity contribution < 1.29 is 13.2 Å². The van der Waals surface area contributed by atoms with Crippen molar-refractivity contribution >= 4 is 10.0 Å². The van der Waals surface area contributed by atoms with Crippen LogP contribution in [0.1, 0.15) is 24.8 Å². The molecule has 2 fully saturated rings. The Bertz CT molecular complexity index is 608. The van der Waals surface area contributed by atoms with Crippen molar-refractivity contribution in [1.29, 1.82) is 0 Å². The molecule has 0 radical (unpaired) electrons. The van der Waals surface area contributed by atoms with Gasteiger partial charge in [0.15, 0.2) is 0 Å². The normalized spacial score (nSPS) is 25.1. The third-order valence-electron chi connectivity index (χ3n) is 4.90. The third kappa shape index (κ3) is 2.50. The average Bonchev–Trinajstić information content (AvgIpc) is 2.78. The summed E-state index contributed by atoms with van der Waals surface area (Å²) < 4.78 is 32.0. The molecule has 1 aromatic rings. The minimum absolute atomic E-state index is 0.0308. The van der Waals surface area contributed by atoms with Gasteiger partial charge in [-0.15, -0.1) is 0 Å². The van der Waals surface area contributed by atoms with Gasteiger partial charge in [0.2, 0.25) is 10.0 Å². The first kappa shape index (κ1) is 15.0. The molecule has 0 aromatic heterocycles. The van der Waals surface area contributed by atoms with Crippen LogP contribution >= 0.6 is 0 Å². The quantitative estimate of drug-likeness (QED) is 0.911. The smallest absolute Gasteiger partial charge is 0.243 e. The summed E-state index contributed by atoms with van der Waals surface area (Å²) in [5, 5.41) is 0. The highest BCUT2D eigenvalue weighted by atomic mass is 32.2. The SMILES string of the molecule is COCc1ccc(S(=O)(=O)N2CC(N)C3(CCC3)C2)cc1. The molecular weight excluding hydrogens is 288 g/mol. The Hall–Kier alpha value is -0.950. The molecule has 5 nitrogen and oxygen atoms in total. The first-order valence-corrected chi connectivity index (χ1v) is 8.76. The van der Waals surface area contributed by atoms with E-state index in [1.165, 1.54) is 0 Å². The number of benzene rings is 1. The Morgan fingerprint density at radius 3 is 2.48 bits per heavy atom. The molecule has 3 rings (SSSR count). The van der Waals surface area contributed by atoms with Crippen molar-refractivity contribution in [2.75, 3.05) is 20.2 Å². The zero-order valence-corrected chi connectivity index (χ0v) is 13.1. The van der Waals surface area contributed by atoms with Gasteiger partial charge in [-0.3, -0.25) is 0 Å². The predicted octanol–water partition coefficient (Wildman–Crippen LogP) is 1.33. The van der Waals surface area contributed by atoms with Crippen molar-refractivity contribution in [3.63, 3.8) is 0 Å². The number of nitrogens with two attached hydrogens (primary N) is 1. The summed E-state index contributed by atoms with van der Waals surface area (Å²) in [6.45, 7) is 1.48. The van der Waals surface area contributed by atoms with Gasteiger partial charge in [-0.25, -0.2) is 8.42 Å². The van der Waals surface area contributed by atoms with Crippen LogP contribution in [0.15, 0.2) is 29.2 Å². The molecule has 2 aliphatic rings. The van der Waals surface area contributed by atoms with Gasteiger partial charge in [0.05, 0.1) is 11.5 Å². The van der Waals surface area contributed by atoms with E-state index < -0.39 is 10.0 Å². The molecule has 1 heterocycles. The number of rotatable bonds is 4. The first-order valence-electron chi connectivity index (χ1n) is 7.32. The molecule has 0 bridgehead atoms. The lowest BCUT2D eigenvalue weighted by molar-refractivity contribution is 0.133. The predicted molar refractivity (Wildman–Crippen MR) is 80.2 cm³/mol. The molecule has 1 aromatic carbocycles. The zero-order chi connectivity index (χ0) is 15.1. The minimum atomic E-state index is -3.44. The van der Waals surface area contributed by atoms with Crippen LogP contribution in [-0.4, -0.2) is 39.0 Å². The first-order chi connectivity index (χ1) is 9.98. The lowest BCUT2D eigenvalue weighted by atomic mass is 9.66. The molecule has 1 aliphatic heterocycles. The minimum Gasteiger partial charge on any atom is -0.380 e. The Morgan fingerprint density at radius 2 is 2.00 bits per heavy atom. The van der Waals surface area contributed by atoms with Crippen molar-refractivity contribution in [2.45, 2.75) is 36.8 Å². The standard InChI is InChI=1S/C15H22N2O3S/c1-20-10-12-3-5-13(6-4-12)21(18,19)17-9-14(16)15(11-17)7-2-8-15/h3-6,14H,2,7-11,16H2,1H3. The molecule has 2 N–H and O–H groups in total. The van der Waals surface area contributed by atoms with Gasteiger partial charge in [0, 0.05) is 31.7 Å². The van der Waals surface area contributed by atoms with Crippen LogP contribution in [-0.2, 0) is 21.4 Å². The van der Waals surface area contributed by atoms with E-state index in [1.807, 2.05) is 0 Å². The fourth-order valence-electron chi connectivity index (χ4n) is 3.36. The van der Waals surface area contributed by atoms with Gasteiger partial charge in [0.1, 0.15) is 0 Å². The van der Waals surface area contributed by atoms with Crippen molar-refractivity contribution in [3.05, 3.63) is 29.8 Å². The lowest BCUT2D eigenvalue weighted by Crippen LogP contribution is -2.45. The number of hydrogen-bond acceptors (Lipinski definition) is 4. The summed E-state index contributed by atoms with van der Waals surface area (Å²) in [7, 11) is -1.82. The largest absolute Gasteiger partial charge is 0.380 e. The van der Waals surface area contributed by atoms with Gasteiger partial charge in [-0.1, -0.05) is 18.6 Å². The van der Waals surface area contributed by atoms with Gasteiger partial charge in [-0.05, 0) is 30.5 Å². The van der Waals surface area contributed by atoms with Gasteiger partial charge >= 0.3 is 0 Å². The summed E-state index contributed by atoms with van der Waals surface area (Å²) in [6, 6.07) is 6.87. The van der Waals surface area contributed by atoms with E-state index in [2.05, 4.69) is 0 Å². The summed E-state index contributed by atoms with van der Waals surface area (Å²) in [5.41, 5.74) is 7.18. The lowest BCUT2D eigenvalue weighted by Gasteiger charge is -2.41. The van der Waals surface area contributed by atoms with Crippen LogP contribution in [0.25, 0.3) is 0 Å². The zero-order valence-electron chi connectivity index (χ0n) is 12.3. The Labute approximate surface area is 126 Å². The summed E-state index contributed by atoms with van der Waals surface area (Å²) in [6.07, 6.45) is 3.26. The highest BCUT2D eigenvalue weighted by molar-refractivity contribution is 7.89. The Morgan fingerprint density at radius 1 is 1.33 bits per heavy atom. The van der Waals surface area contributed by atoms with Crippen molar-refractivity contribution in [3.8, 4) is 0 Å². The Kier molecular flexibility index (Phi) is 3.81. The number of hydrogen-bond donors (Lipinski definition) is 1. The van der Waals surface area contributed by atoms with E-state index in [1.54, 1.807) is 35.7 Å². The molecule has 1 saturated heterocycles. The molecule has 116 valence electrons. The highest BCUT2D eigenvalue weighted by Crippen LogP contribution is 2.48. The van der Waals surface area contributed by atoms with E-state index >= 15 is 0 Å². The van der Waals surface area contributed by atoms with Crippen LogP contribution < -0.4 is 5.73 Å². The van der Waals surface area contributed by atoms with Crippen LogP contribution in [0.4, 0.5) is 0 Å². The maximum Gasteiger partial charge on any atom is 0.243 e. The molecule has 1 atom stereocenters. The molecule has 1 saturated carbocycles.